The Bertz CT molecular complexity index is 1050. The van der Waals surface area contributed by atoms with Crippen molar-refractivity contribution in [2.24, 2.45) is 0 Å². The maximum atomic E-state index is 4.56. The molecule has 0 fully saturated rings. The first-order valence-electron chi connectivity index (χ1n) is 8.56. The lowest BCUT2D eigenvalue weighted by molar-refractivity contribution is 0.949. The summed E-state index contributed by atoms with van der Waals surface area (Å²) in [4.78, 5) is 17.6. The van der Waals surface area contributed by atoms with Crippen LogP contribution in [0.15, 0.2) is 71.6 Å². The maximum absolute atomic E-state index is 4.56. The lowest BCUT2D eigenvalue weighted by Gasteiger charge is -2.10. The van der Waals surface area contributed by atoms with Gasteiger partial charge in [0, 0.05) is 48.3 Å². The summed E-state index contributed by atoms with van der Waals surface area (Å²) >= 11 is 3.50. The SMILES string of the molecule is Brc1cnc(Nc2ccc3ncccc3c2)nc1NCCc1ccccn1. The molecule has 0 saturated heterocycles. The fraction of sp³-hybridized carbons (Fsp3) is 0.100. The van der Waals surface area contributed by atoms with Crippen molar-refractivity contribution < 1.29 is 0 Å². The first-order chi connectivity index (χ1) is 13.3. The van der Waals surface area contributed by atoms with Gasteiger partial charge in [-0.1, -0.05) is 12.1 Å². The molecule has 27 heavy (non-hydrogen) atoms. The number of nitrogens with one attached hydrogen (secondary N) is 2. The lowest BCUT2D eigenvalue weighted by Crippen LogP contribution is -2.09. The molecule has 0 aliphatic rings. The molecule has 0 atom stereocenters. The third kappa shape index (κ3) is 4.38. The Kier molecular flexibility index (Phi) is 5.20. The van der Waals surface area contributed by atoms with Gasteiger partial charge in [-0.05, 0) is 52.3 Å². The molecule has 0 aliphatic heterocycles. The molecule has 2 N–H and O–H groups in total. The number of hydrogen-bond donors (Lipinski definition) is 2. The van der Waals surface area contributed by atoms with Gasteiger partial charge in [0.25, 0.3) is 0 Å². The van der Waals surface area contributed by atoms with Crippen LogP contribution in [0.25, 0.3) is 10.9 Å². The largest absolute Gasteiger partial charge is 0.369 e. The van der Waals surface area contributed by atoms with Crippen molar-refractivity contribution in [2.45, 2.75) is 6.42 Å². The van der Waals surface area contributed by atoms with Crippen LogP contribution >= 0.6 is 15.9 Å². The summed E-state index contributed by atoms with van der Waals surface area (Å²) in [5.41, 5.74) is 2.91. The summed E-state index contributed by atoms with van der Waals surface area (Å²) in [5, 5.41) is 7.64. The van der Waals surface area contributed by atoms with Crippen LogP contribution in [0.3, 0.4) is 0 Å². The van der Waals surface area contributed by atoms with Gasteiger partial charge in [-0.3, -0.25) is 9.97 Å². The fourth-order valence-corrected chi connectivity index (χ4v) is 3.02. The topological polar surface area (TPSA) is 75.6 Å². The van der Waals surface area contributed by atoms with Gasteiger partial charge in [-0.2, -0.15) is 4.98 Å². The second-order valence-corrected chi connectivity index (χ2v) is 6.78. The lowest BCUT2D eigenvalue weighted by atomic mass is 10.2. The van der Waals surface area contributed by atoms with Crippen LogP contribution in [-0.2, 0) is 6.42 Å². The highest BCUT2D eigenvalue weighted by molar-refractivity contribution is 9.10. The molecule has 7 heteroatoms. The minimum absolute atomic E-state index is 0.529. The highest BCUT2D eigenvalue weighted by Gasteiger charge is 2.06. The molecular formula is C20H17BrN6. The van der Waals surface area contributed by atoms with Crippen LogP contribution < -0.4 is 10.6 Å². The van der Waals surface area contributed by atoms with Crippen molar-refractivity contribution in [3.8, 4) is 0 Å². The monoisotopic (exact) mass is 420 g/mol. The number of benzene rings is 1. The number of rotatable bonds is 6. The van der Waals surface area contributed by atoms with E-state index >= 15 is 0 Å². The third-order valence-corrected chi connectivity index (χ3v) is 4.58. The fourth-order valence-electron chi connectivity index (χ4n) is 2.69. The van der Waals surface area contributed by atoms with Crippen molar-refractivity contribution in [1.29, 1.82) is 0 Å². The van der Waals surface area contributed by atoms with E-state index in [0.29, 0.717) is 5.95 Å². The zero-order valence-electron chi connectivity index (χ0n) is 14.4. The summed E-state index contributed by atoms with van der Waals surface area (Å²) in [7, 11) is 0. The first-order valence-corrected chi connectivity index (χ1v) is 9.35. The van der Waals surface area contributed by atoms with Crippen LogP contribution in [0.4, 0.5) is 17.5 Å². The Morgan fingerprint density at radius 2 is 1.85 bits per heavy atom. The maximum Gasteiger partial charge on any atom is 0.229 e. The molecule has 0 saturated carbocycles. The number of nitrogens with zero attached hydrogens (tertiary/aromatic N) is 4. The number of hydrogen-bond acceptors (Lipinski definition) is 6. The van der Waals surface area contributed by atoms with E-state index in [4.69, 9.17) is 0 Å². The van der Waals surface area contributed by atoms with E-state index in [0.717, 1.165) is 45.5 Å². The second-order valence-electron chi connectivity index (χ2n) is 5.92. The normalized spacial score (nSPS) is 10.7. The Hall–Kier alpha value is -3.06. The Labute approximate surface area is 165 Å². The van der Waals surface area contributed by atoms with E-state index in [1.165, 1.54) is 0 Å². The highest BCUT2D eigenvalue weighted by atomic mass is 79.9. The first kappa shape index (κ1) is 17.4. The molecule has 4 rings (SSSR count). The van der Waals surface area contributed by atoms with Crippen LogP contribution in [-0.4, -0.2) is 26.5 Å². The summed E-state index contributed by atoms with van der Waals surface area (Å²) in [6.07, 6.45) is 6.14. The van der Waals surface area contributed by atoms with Crippen molar-refractivity contribution in [3.63, 3.8) is 0 Å². The van der Waals surface area contributed by atoms with Gasteiger partial charge < -0.3 is 10.6 Å². The molecule has 0 spiro atoms. The standard InChI is InChI=1S/C20H17BrN6/c21-17-13-25-20(26-16-6-7-18-14(12-16)4-3-10-23-18)27-19(17)24-11-8-15-5-1-2-9-22-15/h1-7,9-10,12-13H,8,11H2,(H2,24,25,26,27). The predicted octanol–water partition coefficient (Wildman–Crippen LogP) is 4.58. The van der Waals surface area contributed by atoms with Gasteiger partial charge in [-0.15, -0.1) is 0 Å². The molecule has 0 unspecified atom stereocenters. The number of anilines is 3. The minimum atomic E-state index is 0.529. The Morgan fingerprint density at radius 3 is 2.74 bits per heavy atom. The molecule has 0 aliphatic carbocycles. The van der Waals surface area contributed by atoms with Crippen molar-refractivity contribution in [2.75, 3.05) is 17.2 Å². The third-order valence-electron chi connectivity index (χ3n) is 4.00. The molecule has 0 amide bonds. The summed E-state index contributed by atoms with van der Waals surface area (Å²) < 4.78 is 0.816. The Morgan fingerprint density at radius 1 is 0.926 bits per heavy atom. The van der Waals surface area contributed by atoms with Crippen LogP contribution in [0.2, 0.25) is 0 Å². The molecular weight excluding hydrogens is 404 g/mol. The smallest absolute Gasteiger partial charge is 0.229 e. The molecule has 0 radical (unpaired) electrons. The zero-order chi connectivity index (χ0) is 18.5. The number of halogens is 1. The van der Waals surface area contributed by atoms with E-state index in [2.05, 4.69) is 46.5 Å². The predicted molar refractivity (Wildman–Crippen MR) is 111 cm³/mol. The zero-order valence-corrected chi connectivity index (χ0v) is 16.0. The van der Waals surface area contributed by atoms with Crippen LogP contribution in [0.5, 0.6) is 0 Å². The van der Waals surface area contributed by atoms with Gasteiger partial charge in [0.15, 0.2) is 0 Å². The van der Waals surface area contributed by atoms with E-state index in [1.807, 2.05) is 48.5 Å². The Balaban J connectivity index is 1.46. The van der Waals surface area contributed by atoms with Crippen molar-refractivity contribution >= 4 is 44.3 Å². The van der Waals surface area contributed by atoms with Gasteiger partial charge >= 0.3 is 0 Å². The molecule has 4 aromatic rings. The summed E-state index contributed by atoms with van der Waals surface area (Å²) in [5.74, 6) is 1.27. The summed E-state index contributed by atoms with van der Waals surface area (Å²) in [6.45, 7) is 0.730. The molecule has 6 nitrogen and oxygen atoms in total. The van der Waals surface area contributed by atoms with Gasteiger partial charge in [0.2, 0.25) is 5.95 Å². The van der Waals surface area contributed by atoms with Crippen LogP contribution in [0, 0.1) is 0 Å². The van der Waals surface area contributed by atoms with Crippen LogP contribution in [0.1, 0.15) is 5.69 Å². The van der Waals surface area contributed by atoms with E-state index < -0.39 is 0 Å². The van der Waals surface area contributed by atoms with Crippen molar-refractivity contribution in [1.82, 2.24) is 19.9 Å². The average molecular weight is 421 g/mol. The van der Waals surface area contributed by atoms with Gasteiger partial charge in [0.05, 0.1) is 9.99 Å². The van der Waals surface area contributed by atoms with E-state index in [9.17, 15) is 0 Å². The molecule has 0 bridgehead atoms. The number of fused-ring (bicyclic) bond motifs is 1. The molecule has 3 heterocycles. The molecule has 1 aromatic carbocycles. The number of pyridine rings is 2. The van der Waals surface area contributed by atoms with Gasteiger partial charge in [-0.25, -0.2) is 4.98 Å². The number of aromatic nitrogens is 4. The molecule has 3 aromatic heterocycles. The quantitative estimate of drug-likeness (QED) is 0.475. The highest BCUT2D eigenvalue weighted by Crippen LogP contribution is 2.23. The van der Waals surface area contributed by atoms with Crippen molar-refractivity contribution in [3.05, 3.63) is 77.3 Å². The second kappa shape index (κ2) is 8.09. The van der Waals surface area contributed by atoms with E-state index in [-0.39, 0.29) is 0 Å². The van der Waals surface area contributed by atoms with Gasteiger partial charge in [0.1, 0.15) is 5.82 Å². The summed E-state index contributed by atoms with van der Waals surface area (Å²) in [6, 6.07) is 15.8. The minimum Gasteiger partial charge on any atom is -0.369 e. The molecule has 134 valence electrons. The van der Waals surface area contributed by atoms with E-state index in [1.54, 1.807) is 18.6 Å². The average Bonchev–Trinajstić information content (AvgIpc) is 2.71.